The fraction of sp³-hybridized carbons (Fsp3) is 0.750. The molecule has 0 unspecified atom stereocenters. The molecule has 1 aliphatic heterocycles. The second-order valence-corrected chi connectivity index (χ2v) is 1.30. The third kappa shape index (κ3) is 0.428. The van der Waals surface area contributed by atoms with Gasteiger partial charge in [0.2, 0.25) is 0 Å². The van der Waals surface area contributed by atoms with Gasteiger partial charge in [0.05, 0.1) is 12.7 Å². The van der Waals surface area contributed by atoms with Crippen molar-refractivity contribution in [3.05, 3.63) is 6.10 Å². The average molecular weight is 71.1 g/mol. The summed E-state index contributed by atoms with van der Waals surface area (Å²) in [5, 5.41) is 0. The van der Waals surface area contributed by atoms with Crippen molar-refractivity contribution in [2.24, 2.45) is 0 Å². The Labute approximate surface area is 31.9 Å². The van der Waals surface area contributed by atoms with E-state index in [-0.39, 0.29) is 0 Å². The van der Waals surface area contributed by atoms with E-state index in [9.17, 15) is 0 Å². The third-order valence-corrected chi connectivity index (χ3v) is 0.803. The standard InChI is InChI=1S/C4H7O/c1-4-2-3-5-4/h2-3H2,1H3. The van der Waals surface area contributed by atoms with Crippen molar-refractivity contribution in [1.29, 1.82) is 0 Å². The molecule has 1 radical (unpaired) electrons. The highest BCUT2D eigenvalue weighted by molar-refractivity contribution is 4.78. The fourth-order valence-corrected chi connectivity index (χ4v) is 0.306. The molecule has 0 spiro atoms. The van der Waals surface area contributed by atoms with Crippen LogP contribution >= 0.6 is 0 Å². The number of hydrogen-bond donors (Lipinski definition) is 0. The summed E-state index contributed by atoms with van der Waals surface area (Å²) in [5.74, 6) is 0. The first-order valence-corrected chi connectivity index (χ1v) is 1.85. The molecular formula is C4H7O. The molecule has 0 N–H and O–H groups in total. The SMILES string of the molecule is C[C]1CCO1. The molecule has 1 saturated heterocycles. The van der Waals surface area contributed by atoms with Gasteiger partial charge in [0.15, 0.2) is 0 Å². The maximum absolute atomic E-state index is 4.85. The van der Waals surface area contributed by atoms with Crippen molar-refractivity contribution >= 4 is 0 Å². The average Bonchev–Trinajstić information content (AvgIpc) is 1.30. The van der Waals surface area contributed by atoms with Gasteiger partial charge in [-0.3, -0.25) is 0 Å². The van der Waals surface area contributed by atoms with Crippen molar-refractivity contribution in [1.82, 2.24) is 0 Å². The van der Waals surface area contributed by atoms with Gasteiger partial charge in [-0.05, 0) is 6.92 Å². The van der Waals surface area contributed by atoms with Crippen molar-refractivity contribution in [2.45, 2.75) is 13.3 Å². The molecule has 0 aromatic heterocycles. The zero-order valence-electron chi connectivity index (χ0n) is 3.32. The van der Waals surface area contributed by atoms with E-state index in [4.69, 9.17) is 4.74 Å². The van der Waals surface area contributed by atoms with Crippen LogP contribution < -0.4 is 0 Å². The first-order chi connectivity index (χ1) is 2.39. The molecule has 1 heterocycles. The maximum Gasteiger partial charge on any atom is 0.0962 e. The second kappa shape index (κ2) is 0.977. The molecule has 1 aliphatic rings. The van der Waals surface area contributed by atoms with Crippen LogP contribution in [0.3, 0.4) is 0 Å². The molecule has 0 aromatic rings. The number of ether oxygens (including phenoxy) is 1. The number of hydrogen-bond acceptors (Lipinski definition) is 1. The molecule has 0 bridgehead atoms. The first kappa shape index (κ1) is 3.16. The summed E-state index contributed by atoms with van der Waals surface area (Å²) in [7, 11) is 0. The molecule has 1 nitrogen and oxygen atoms in total. The molecule has 0 aliphatic carbocycles. The zero-order valence-corrected chi connectivity index (χ0v) is 3.32. The third-order valence-electron chi connectivity index (χ3n) is 0.803. The maximum atomic E-state index is 4.85. The highest BCUT2D eigenvalue weighted by atomic mass is 16.5. The second-order valence-electron chi connectivity index (χ2n) is 1.30. The van der Waals surface area contributed by atoms with E-state index in [1.54, 1.807) is 0 Å². The van der Waals surface area contributed by atoms with E-state index >= 15 is 0 Å². The Bertz CT molecular complexity index is 30.6. The number of rotatable bonds is 0. The quantitative estimate of drug-likeness (QED) is 0.413. The summed E-state index contributed by atoms with van der Waals surface area (Å²) in [4.78, 5) is 0. The minimum absolute atomic E-state index is 0.950. The molecule has 1 fully saturated rings. The smallest absolute Gasteiger partial charge is 0.0962 e. The summed E-state index contributed by atoms with van der Waals surface area (Å²) >= 11 is 0. The van der Waals surface area contributed by atoms with E-state index in [0.29, 0.717) is 0 Å². The Kier molecular flexibility index (Phi) is 0.618. The Balaban J connectivity index is 2.08. The summed E-state index contributed by atoms with van der Waals surface area (Å²) in [5.41, 5.74) is 0. The highest BCUT2D eigenvalue weighted by Gasteiger charge is 2.11. The zero-order chi connectivity index (χ0) is 3.70. The van der Waals surface area contributed by atoms with Crippen LogP contribution in [0.25, 0.3) is 0 Å². The Hall–Kier alpha value is -0.0400. The van der Waals surface area contributed by atoms with Gasteiger partial charge in [0.1, 0.15) is 0 Å². The highest BCUT2D eigenvalue weighted by Crippen LogP contribution is 2.16. The monoisotopic (exact) mass is 71.0 g/mol. The van der Waals surface area contributed by atoms with Crippen LogP contribution in [0.15, 0.2) is 0 Å². The van der Waals surface area contributed by atoms with Gasteiger partial charge in [0, 0.05) is 6.42 Å². The van der Waals surface area contributed by atoms with Gasteiger partial charge in [-0.25, -0.2) is 0 Å². The van der Waals surface area contributed by atoms with Crippen molar-refractivity contribution in [3.63, 3.8) is 0 Å². The Morgan fingerprint density at radius 1 is 1.80 bits per heavy atom. The predicted molar refractivity (Wildman–Crippen MR) is 19.5 cm³/mol. The van der Waals surface area contributed by atoms with Crippen LogP contribution in [0.2, 0.25) is 0 Å². The summed E-state index contributed by atoms with van der Waals surface area (Å²) in [6.07, 6.45) is 2.37. The molecule has 1 rings (SSSR count). The van der Waals surface area contributed by atoms with E-state index < -0.39 is 0 Å². The lowest BCUT2D eigenvalue weighted by Crippen LogP contribution is -2.13. The van der Waals surface area contributed by atoms with Crippen LogP contribution in [0.4, 0.5) is 0 Å². The van der Waals surface area contributed by atoms with Gasteiger partial charge in [-0.1, -0.05) is 0 Å². The largest absolute Gasteiger partial charge is 0.372 e. The molecule has 0 atom stereocenters. The molecule has 0 aromatic carbocycles. The molecule has 29 valence electrons. The van der Waals surface area contributed by atoms with E-state index in [1.165, 1.54) is 12.5 Å². The van der Waals surface area contributed by atoms with Gasteiger partial charge in [-0.2, -0.15) is 0 Å². The van der Waals surface area contributed by atoms with Crippen LogP contribution in [-0.4, -0.2) is 6.61 Å². The van der Waals surface area contributed by atoms with Gasteiger partial charge in [-0.15, -0.1) is 0 Å². The molecule has 1 heteroatoms. The minimum Gasteiger partial charge on any atom is -0.372 e. The van der Waals surface area contributed by atoms with E-state index in [1.807, 2.05) is 6.92 Å². The first-order valence-electron chi connectivity index (χ1n) is 1.85. The molecule has 0 saturated carbocycles. The summed E-state index contributed by atoms with van der Waals surface area (Å²) < 4.78 is 4.85. The summed E-state index contributed by atoms with van der Waals surface area (Å²) in [6, 6.07) is 0. The summed E-state index contributed by atoms with van der Waals surface area (Å²) in [6.45, 7) is 2.95. The normalized spacial score (nSPS) is 25.8. The van der Waals surface area contributed by atoms with E-state index in [2.05, 4.69) is 0 Å². The molecular weight excluding hydrogens is 64.0 g/mol. The van der Waals surface area contributed by atoms with Crippen molar-refractivity contribution in [2.75, 3.05) is 6.61 Å². The van der Waals surface area contributed by atoms with Crippen molar-refractivity contribution in [3.8, 4) is 0 Å². The Morgan fingerprint density at radius 3 is 2.20 bits per heavy atom. The molecule has 5 heavy (non-hydrogen) atoms. The van der Waals surface area contributed by atoms with Crippen LogP contribution in [0.5, 0.6) is 0 Å². The van der Waals surface area contributed by atoms with Gasteiger partial charge >= 0.3 is 0 Å². The topological polar surface area (TPSA) is 9.23 Å². The van der Waals surface area contributed by atoms with Crippen LogP contribution in [-0.2, 0) is 4.74 Å². The predicted octanol–water partition coefficient (Wildman–Crippen LogP) is 0.959. The van der Waals surface area contributed by atoms with Crippen LogP contribution in [0.1, 0.15) is 13.3 Å². The Morgan fingerprint density at radius 2 is 2.20 bits per heavy atom. The lowest BCUT2D eigenvalue weighted by molar-refractivity contribution is 0.0497. The fourth-order valence-electron chi connectivity index (χ4n) is 0.306. The lowest BCUT2D eigenvalue weighted by Gasteiger charge is -2.19. The van der Waals surface area contributed by atoms with Gasteiger partial charge in [0.25, 0.3) is 0 Å². The minimum atomic E-state index is 0.950. The lowest BCUT2D eigenvalue weighted by atomic mass is 10.2. The van der Waals surface area contributed by atoms with Gasteiger partial charge < -0.3 is 4.74 Å². The van der Waals surface area contributed by atoms with Crippen LogP contribution in [0, 0.1) is 6.10 Å². The van der Waals surface area contributed by atoms with Crippen molar-refractivity contribution < 1.29 is 4.74 Å². The molecule has 0 amide bonds. The van der Waals surface area contributed by atoms with E-state index in [0.717, 1.165) is 6.61 Å².